The highest BCUT2D eigenvalue weighted by Crippen LogP contribution is 2.51. The standard InChI is InChI=1S/C25H21Cl3N2O2S/c1-14-21(27)6-3-7-23(14)30-33(31,32)16-9-11-24-20(13-16)17-4-2-5-18(17)25(29-24)19-10-8-15(26)12-22(19)28/h2-4,6-13,17-18,25,29-30H,5H2,1H3/t17-,18-,25+/m0/s1. The molecule has 0 saturated carbocycles. The normalized spacial score (nSPS) is 21.3. The Hall–Kier alpha value is -2.18. The van der Waals surface area contributed by atoms with Gasteiger partial charge in [0.05, 0.1) is 16.6 Å². The molecule has 0 bridgehead atoms. The SMILES string of the molecule is Cc1c(Cl)cccc1NS(=O)(=O)c1ccc2c(c1)[C@H]1C=CC[C@@H]1[C@H](c1ccc(Cl)cc1Cl)N2. The first-order chi connectivity index (χ1) is 15.7. The molecule has 33 heavy (non-hydrogen) atoms. The maximum atomic E-state index is 13.2. The fourth-order valence-electron chi connectivity index (χ4n) is 4.72. The van der Waals surface area contributed by atoms with E-state index in [1.165, 1.54) is 0 Å². The topological polar surface area (TPSA) is 58.2 Å². The molecule has 3 atom stereocenters. The van der Waals surface area contributed by atoms with Crippen molar-refractivity contribution >= 4 is 56.2 Å². The first kappa shape index (κ1) is 22.6. The van der Waals surface area contributed by atoms with Crippen LogP contribution in [0.1, 0.15) is 35.1 Å². The van der Waals surface area contributed by atoms with E-state index < -0.39 is 10.0 Å². The average molecular weight is 520 g/mol. The van der Waals surface area contributed by atoms with Crippen molar-refractivity contribution in [1.82, 2.24) is 0 Å². The van der Waals surface area contributed by atoms with Gasteiger partial charge in [0, 0.05) is 26.7 Å². The van der Waals surface area contributed by atoms with Gasteiger partial charge < -0.3 is 5.32 Å². The van der Waals surface area contributed by atoms with E-state index >= 15 is 0 Å². The van der Waals surface area contributed by atoms with Crippen molar-refractivity contribution in [2.45, 2.75) is 30.2 Å². The van der Waals surface area contributed by atoms with E-state index in [-0.39, 0.29) is 22.8 Å². The zero-order valence-electron chi connectivity index (χ0n) is 17.6. The van der Waals surface area contributed by atoms with Crippen molar-refractivity contribution in [2.24, 2.45) is 5.92 Å². The third-order valence-corrected chi connectivity index (χ3v) is 8.79. The van der Waals surface area contributed by atoms with E-state index in [1.807, 2.05) is 18.2 Å². The first-order valence-corrected chi connectivity index (χ1v) is 13.2. The van der Waals surface area contributed by atoms with Crippen LogP contribution in [0.15, 0.2) is 71.6 Å². The molecule has 170 valence electrons. The van der Waals surface area contributed by atoms with Crippen molar-refractivity contribution in [1.29, 1.82) is 0 Å². The van der Waals surface area contributed by atoms with Crippen LogP contribution in [0.25, 0.3) is 0 Å². The molecule has 0 spiro atoms. The van der Waals surface area contributed by atoms with Crippen molar-refractivity contribution < 1.29 is 8.42 Å². The summed E-state index contributed by atoms with van der Waals surface area (Å²) in [5.41, 5.74) is 4.00. The van der Waals surface area contributed by atoms with Crippen LogP contribution in [0.2, 0.25) is 15.1 Å². The molecule has 1 aliphatic heterocycles. The number of hydrogen-bond donors (Lipinski definition) is 2. The molecule has 1 heterocycles. The molecule has 0 fully saturated rings. The van der Waals surface area contributed by atoms with Gasteiger partial charge in [0.2, 0.25) is 0 Å². The number of allylic oxidation sites excluding steroid dienone is 2. The molecule has 4 nitrogen and oxygen atoms in total. The summed E-state index contributed by atoms with van der Waals surface area (Å²) < 4.78 is 29.0. The van der Waals surface area contributed by atoms with E-state index in [2.05, 4.69) is 22.2 Å². The van der Waals surface area contributed by atoms with Gasteiger partial charge in [-0.25, -0.2) is 8.42 Å². The second-order valence-electron chi connectivity index (χ2n) is 8.41. The number of hydrogen-bond acceptors (Lipinski definition) is 3. The lowest BCUT2D eigenvalue weighted by atomic mass is 9.77. The maximum absolute atomic E-state index is 13.2. The Morgan fingerprint density at radius 3 is 2.58 bits per heavy atom. The maximum Gasteiger partial charge on any atom is 0.261 e. The molecule has 2 N–H and O–H groups in total. The molecule has 0 amide bonds. The molecular formula is C25H21Cl3N2O2S. The van der Waals surface area contributed by atoms with Gasteiger partial charge >= 0.3 is 0 Å². The van der Waals surface area contributed by atoms with Crippen LogP contribution >= 0.6 is 34.8 Å². The number of fused-ring (bicyclic) bond motifs is 3. The number of halogens is 3. The van der Waals surface area contributed by atoms with E-state index in [0.717, 1.165) is 23.2 Å². The van der Waals surface area contributed by atoms with Gasteiger partial charge in [-0.3, -0.25) is 4.72 Å². The molecule has 0 aromatic heterocycles. The zero-order valence-corrected chi connectivity index (χ0v) is 20.7. The van der Waals surface area contributed by atoms with Gasteiger partial charge in [-0.2, -0.15) is 0 Å². The van der Waals surface area contributed by atoms with Gasteiger partial charge in [-0.1, -0.05) is 59.1 Å². The fourth-order valence-corrected chi connectivity index (χ4v) is 6.58. The van der Waals surface area contributed by atoms with Crippen LogP contribution in [0.5, 0.6) is 0 Å². The van der Waals surface area contributed by atoms with E-state index in [1.54, 1.807) is 43.3 Å². The van der Waals surface area contributed by atoms with Crippen LogP contribution < -0.4 is 10.0 Å². The predicted octanol–water partition coefficient (Wildman–Crippen LogP) is 7.58. The van der Waals surface area contributed by atoms with E-state index in [9.17, 15) is 8.42 Å². The minimum atomic E-state index is -3.79. The summed E-state index contributed by atoms with van der Waals surface area (Å²) >= 11 is 18.8. The second kappa shape index (κ2) is 8.55. The summed E-state index contributed by atoms with van der Waals surface area (Å²) in [6, 6.07) is 15.9. The Morgan fingerprint density at radius 1 is 0.970 bits per heavy atom. The summed E-state index contributed by atoms with van der Waals surface area (Å²) in [4.78, 5) is 0.212. The molecule has 0 unspecified atom stereocenters. The number of benzene rings is 3. The van der Waals surface area contributed by atoms with Crippen LogP contribution in [0, 0.1) is 12.8 Å². The number of sulfonamides is 1. The van der Waals surface area contributed by atoms with Crippen molar-refractivity contribution in [3.8, 4) is 0 Å². The second-order valence-corrected chi connectivity index (χ2v) is 11.3. The Kier molecular flexibility index (Phi) is 5.86. The number of nitrogens with one attached hydrogen (secondary N) is 2. The van der Waals surface area contributed by atoms with Crippen LogP contribution in [0.3, 0.4) is 0 Å². The first-order valence-electron chi connectivity index (χ1n) is 10.5. The number of rotatable bonds is 4. The third kappa shape index (κ3) is 4.12. The molecule has 0 saturated heterocycles. The largest absolute Gasteiger partial charge is 0.378 e. The van der Waals surface area contributed by atoms with Gasteiger partial charge in [-0.05, 0) is 78.4 Å². The highest BCUT2D eigenvalue weighted by Gasteiger charge is 2.39. The fraction of sp³-hybridized carbons (Fsp3) is 0.200. The Bertz CT molecular complexity index is 1390. The lowest BCUT2D eigenvalue weighted by Gasteiger charge is -2.38. The molecule has 3 aromatic carbocycles. The molecule has 3 aromatic rings. The van der Waals surface area contributed by atoms with Crippen molar-refractivity contribution in [3.05, 3.63) is 98.5 Å². The van der Waals surface area contributed by atoms with Gasteiger partial charge in [-0.15, -0.1) is 0 Å². The van der Waals surface area contributed by atoms with Crippen molar-refractivity contribution in [3.63, 3.8) is 0 Å². The summed E-state index contributed by atoms with van der Waals surface area (Å²) in [7, 11) is -3.79. The number of anilines is 2. The highest BCUT2D eigenvalue weighted by atomic mass is 35.5. The summed E-state index contributed by atoms with van der Waals surface area (Å²) in [6.45, 7) is 1.78. The quantitative estimate of drug-likeness (QED) is 0.349. The summed E-state index contributed by atoms with van der Waals surface area (Å²) in [5.74, 6) is 0.304. The van der Waals surface area contributed by atoms with Gasteiger partial charge in [0.25, 0.3) is 10.0 Å². The van der Waals surface area contributed by atoms with Crippen LogP contribution in [0.4, 0.5) is 11.4 Å². The Morgan fingerprint density at radius 2 is 1.79 bits per heavy atom. The minimum absolute atomic E-state index is 0.00282. The van der Waals surface area contributed by atoms with Crippen LogP contribution in [-0.2, 0) is 10.0 Å². The third-order valence-electron chi connectivity index (χ3n) is 6.45. The van der Waals surface area contributed by atoms with Crippen LogP contribution in [-0.4, -0.2) is 8.42 Å². The molecule has 0 radical (unpaired) electrons. The predicted molar refractivity (Wildman–Crippen MR) is 136 cm³/mol. The highest BCUT2D eigenvalue weighted by molar-refractivity contribution is 7.92. The average Bonchev–Trinajstić information content (AvgIpc) is 3.26. The molecular weight excluding hydrogens is 499 g/mol. The lowest BCUT2D eigenvalue weighted by molar-refractivity contribution is 0.425. The summed E-state index contributed by atoms with van der Waals surface area (Å²) in [6.07, 6.45) is 5.18. The lowest BCUT2D eigenvalue weighted by Crippen LogP contribution is -2.29. The summed E-state index contributed by atoms with van der Waals surface area (Å²) in [5, 5.41) is 5.32. The zero-order chi connectivity index (χ0) is 23.3. The van der Waals surface area contributed by atoms with Crippen molar-refractivity contribution in [2.75, 3.05) is 10.0 Å². The Balaban J connectivity index is 1.51. The Labute approximate surface area is 208 Å². The van der Waals surface area contributed by atoms with Gasteiger partial charge in [0.15, 0.2) is 0 Å². The molecule has 2 aliphatic rings. The molecule has 5 rings (SSSR count). The molecule has 8 heteroatoms. The van der Waals surface area contributed by atoms with E-state index in [4.69, 9.17) is 34.8 Å². The minimum Gasteiger partial charge on any atom is -0.378 e. The van der Waals surface area contributed by atoms with E-state index in [0.29, 0.717) is 26.3 Å². The monoisotopic (exact) mass is 518 g/mol. The molecule has 1 aliphatic carbocycles. The smallest absolute Gasteiger partial charge is 0.261 e. The van der Waals surface area contributed by atoms with Gasteiger partial charge in [0.1, 0.15) is 0 Å².